The van der Waals surface area contributed by atoms with E-state index in [4.69, 9.17) is 0 Å². The van der Waals surface area contributed by atoms with Crippen LogP contribution in [0.25, 0.3) is 0 Å². The van der Waals surface area contributed by atoms with Crippen molar-refractivity contribution in [1.29, 1.82) is 0 Å². The molecule has 4 nitrogen and oxygen atoms in total. The Morgan fingerprint density at radius 3 is 2.40 bits per heavy atom. The number of rotatable bonds is 4. The molecule has 0 aromatic rings. The Balaban J connectivity index is 0. The van der Waals surface area contributed by atoms with Crippen molar-refractivity contribution in [2.75, 3.05) is 20.3 Å². The molecule has 0 aliphatic heterocycles. The maximum absolute atomic E-state index is 11.4. The van der Waals surface area contributed by atoms with E-state index in [1.54, 1.807) is 0 Å². The average Bonchev–Trinajstić information content (AvgIpc) is 1.63. The van der Waals surface area contributed by atoms with Crippen molar-refractivity contribution in [3.05, 3.63) is 0 Å². The fourth-order valence-electron chi connectivity index (χ4n) is 0.230. The van der Waals surface area contributed by atoms with Gasteiger partial charge in [0.2, 0.25) is 0 Å². The van der Waals surface area contributed by atoms with Crippen molar-refractivity contribution in [1.82, 2.24) is 0 Å². The maximum Gasteiger partial charge on any atom is 1.00 e. The molecule has 0 spiro atoms. The van der Waals surface area contributed by atoms with Gasteiger partial charge in [0.05, 0.1) is 13.2 Å². The largest absolute Gasteiger partial charge is 1.00 e. The molecule has 56 valence electrons. The second kappa shape index (κ2) is 6.73. The van der Waals surface area contributed by atoms with Gasteiger partial charge in [0.15, 0.2) is 0 Å². The number of hydrogen-bond donors (Lipinski definition) is 0. The van der Waals surface area contributed by atoms with Gasteiger partial charge in [-0.25, -0.2) is 0 Å². The quantitative estimate of drug-likeness (QED) is 0.264. The predicted octanol–water partition coefficient (Wildman–Crippen LogP) is -2.91. The van der Waals surface area contributed by atoms with E-state index in [1.165, 1.54) is 7.11 Å². The van der Waals surface area contributed by atoms with Gasteiger partial charge in [-0.3, -0.25) is 4.57 Å². The summed E-state index contributed by atoms with van der Waals surface area (Å²) in [7, 11) is -3.67. The second-order valence-electron chi connectivity index (χ2n) is 1.26. The molecule has 0 N–H and O–H groups in total. The first-order valence-corrected chi connectivity index (χ1v) is 3.64. The summed E-state index contributed by atoms with van der Waals surface area (Å²) >= 11 is 0. The molecule has 1 atom stereocenters. The van der Waals surface area contributed by atoms with Crippen LogP contribution in [0.1, 0.15) is 0 Å². The van der Waals surface area contributed by atoms with E-state index in [0.29, 0.717) is 0 Å². The third-order valence-corrected chi connectivity index (χ3v) is 1.02. The molecule has 0 saturated heterocycles. The third-order valence-electron chi connectivity index (χ3n) is 0.533. The topological polar surface area (TPSA) is 58.6 Å². The molecule has 0 aromatic heterocycles. The van der Waals surface area contributed by atoms with Crippen LogP contribution < -0.4 is 34.5 Å². The first-order valence-electron chi connectivity index (χ1n) is 2.20. The molecule has 0 radical (unpaired) electrons. The SMILES string of the molecule is COCCOP(=O)([O-])F.[Na+]. The third kappa shape index (κ3) is 11.8. The van der Waals surface area contributed by atoms with E-state index in [-0.39, 0.29) is 42.8 Å². The molecular weight excluding hydrogens is 173 g/mol. The maximum atomic E-state index is 11.4. The van der Waals surface area contributed by atoms with E-state index in [0.717, 1.165) is 0 Å². The normalized spacial score (nSPS) is 15.5. The van der Waals surface area contributed by atoms with Crippen LogP contribution in [-0.4, -0.2) is 20.3 Å². The summed E-state index contributed by atoms with van der Waals surface area (Å²) in [6.45, 7) is -0.204. The van der Waals surface area contributed by atoms with Gasteiger partial charge in [0, 0.05) is 7.11 Å². The van der Waals surface area contributed by atoms with Gasteiger partial charge in [-0.05, 0) is 0 Å². The molecule has 1 unspecified atom stereocenters. The Hall–Kier alpha value is 1.04. The Kier molecular flexibility index (Phi) is 9.17. The van der Waals surface area contributed by atoms with Crippen molar-refractivity contribution in [3.63, 3.8) is 0 Å². The van der Waals surface area contributed by atoms with Gasteiger partial charge in [0.1, 0.15) is 0 Å². The van der Waals surface area contributed by atoms with Gasteiger partial charge < -0.3 is 14.2 Å². The van der Waals surface area contributed by atoms with Gasteiger partial charge in [-0.15, -0.1) is 0 Å². The van der Waals surface area contributed by atoms with Crippen molar-refractivity contribution in [2.45, 2.75) is 0 Å². The van der Waals surface area contributed by atoms with Gasteiger partial charge in [-0.2, -0.15) is 4.20 Å². The molecule has 0 amide bonds. The number of halogens is 1. The summed E-state index contributed by atoms with van der Waals surface area (Å²) in [4.78, 5) is 9.59. The van der Waals surface area contributed by atoms with Gasteiger partial charge in [0.25, 0.3) is 0 Å². The van der Waals surface area contributed by atoms with E-state index >= 15 is 0 Å². The summed E-state index contributed by atoms with van der Waals surface area (Å²) in [5, 5.41) is 0. The Bertz CT molecular complexity index is 115. The molecule has 0 heterocycles. The molecule has 0 bridgehead atoms. The minimum Gasteiger partial charge on any atom is -0.753 e. The van der Waals surface area contributed by atoms with E-state index in [9.17, 15) is 13.7 Å². The number of methoxy groups -OCH3 is 1. The zero-order valence-electron chi connectivity index (χ0n) is 5.87. The number of ether oxygens (including phenoxy) is 1. The molecule has 7 heteroatoms. The molecule has 0 aromatic carbocycles. The molecular formula is C3H7FNaO4P. The minimum atomic E-state index is -5.03. The van der Waals surface area contributed by atoms with Crippen molar-refractivity contribution in [2.24, 2.45) is 0 Å². The smallest absolute Gasteiger partial charge is 0.753 e. The van der Waals surface area contributed by atoms with Crippen LogP contribution in [0.15, 0.2) is 0 Å². The van der Waals surface area contributed by atoms with Crippen molar-refractivity contribution in [3.8, 4) is 0 Å². The fourth-order valence-corrected chi connectivity index (χ4v) is 0.522. The van der Waals surface area contributed by atoms with Crippen LogP contribution in [0.2, 0.25) is 0 Å². The van der Waals surface area contributed by atoms with E-state index in [1.807, 2.05) is 0 Å². The van der Waals surface area contributed by atoms with Gasteiger partial charge in [-0.1, -0.05) is 0 Å². The zero-order valence-corrected chi connectivity index (χ0v) is 8.77. The Morgan fingerprint density at radius 2 is 2.10 bits per heavy atom. The Labute approximate surface area is 80.7 Å². The predicted molar refractivity (Wildman–Crippen MR) is 26.5 cm³/mol. The van der Waals surface area contributed by atoms with E-state index < -0.39 is 7.91 Å². The zero-order chi connectivity index (χ0) is 7.33. The first-order chi connectivity index (χ1) is 4.06. The molecule has 0 saturated carbocycles. The van der Waals surface area contributed by atoms with Crippen LogP contribution in [-0.2, 0) is 13.8 Å². The summed E-state index contributed by atoms with van der Waals surface area (Å²) in [5.74, 6) is 0. The van der Waals surface area contributed by atoms with Crippen molar-refractivity contribution >= 4 is 7.91 Å². The van der Waals surface area contributed by atoms with Gasteiger partial charge >= 0.3 is 37.5 Å². The second-order valence-corrected chi connectivity index (χ2v) is 2.38. The first kappa shape index (κ1) is 13.6. The molecule has 0 fully saturated rings. The van der Waals surface area contributed by atoms with Crippen LogP contribution in [0.5, 0.6) is 0 Å². The summed E-state index contributed by atoms with van der Waals surface area (Å²) in [5.41, 5.74) is 0. The molecule has 10 heavy (non-hydrogen) atoms. The standard InChI is InChI=1S/C3H8FO4P.Na/c1-7-2-3-8-9(4,5)6;/h2-3H2,1H3,(H,5,6);/q;+1/p-1. The average molecular weight is 180 g/mol. The van der Waals surface area contributed by atoms with Crippen LogP contribution in [0.4, 0.5) is 4.20 Å². The van der Waals surface area contributed by atoms with E-state index in [2.05, 4.69) is 9.26 Å². The number of hydrogen-bond acceptors (Lipinski definition) is 4. The fraction of sp³-hybridized carbons (Fsp3) is 1.00. The summed E-state index contributed by atoms with van der Waals surface area (Å²) in [6, 6.07) is 0. The molecule has 0 rings (SSSR count). The minimum absolute atomic E-state index is 0. The summed E-state index contributed by atoms with van der Waals surface area (Å²) < 4.78 is 29.1. The molecule has 0 aliphatic carbocycles. The monoisotopic (exact) mass is 180 g/mol. The Morgan fingerprint density at radius 1 is 1.60 bits per heavy atom. The van der Waals surface area contributed by atoms with Crippen molar-refractivity contribution < 1.29 is 52.5 Å². The molecule has 0 aliphatic rings. The van der Waals surface area contributed by atoms with Crippen LogP contribution in [0, 0.1) is 0 Å². The van der Waals surface area contributed by atoms with Crippen LogP contribution in [0.3, 0.4) is 0 Å². The van der Waals surface area contributed by atoms with Crippen LogP contribution >= 0.6 is 7.91 Å². The summed E-state index contributed by atoms with van der Waals surface area (Å²) in [6.07, 6.45) is 0.